The standard InChI is InChI=1S/C23H25NO6/c1-5-20(25)24-19(23(27)30-4)13-16-12-17(28-2)10-11-18(16)21(24)14-6-8-15(9-7-14)22(26)29-3/h6-12,19,21H,5,13H2,1-4H3/t19-,21+/m1/s1. The number of hydrogen-bond donors (Lipinski definition) is 0. The van der Waals surface area contributed by atoms with Gasteiger partial charge in [0.05, 0.1) is 32.9 Å². The van der Waals surface area contributed by atoms with Crippen molar-refractivity contribution < 1.29 is 28.6 Å². The molecule has 0 spiro atoms. The number of rotatable bonds is 5. The van der Waals surface area contributed by atoms with Gasteiger partial charge in [-0.1, -0.05) is 25.1 Å². The van der Waals surface area contributed by atoms with Gasteiger partial charge in [0.1, 0.15) is 11.8 Å². The van der Waals surface area contributed by atoms with Gasteiger partial charge in [-0.05, 0) is 41.0 Å². The predicted octanol–water partition coefficient (Wildman–Crippen LogP) is 2.91. The average Bonchev–Trinajstić information content (AvgIpc) is 2.80. The minimum Gasteiger partial charge on any atom is -0.497 e. The Morgan fingerprint density at radius 3 is 2.27 bits per heavy atom. The van der Waals surface area contributed by atoms with Gasteiger partial charge >= 0.3 is 11.9 Å². The monoisotopic (exact) mass is 411 g/mol. The molecule has 7 nitrogen and oxygen atoms in total. The Labute approximate surface area is 175 Å². The van der Waals surface area contributed by atoms with Crippen LogP contribution in [0.25, 0.3) is 0 Å². The number of carbonyl (C=O) groups excluding carboxylic acids is 3. The predicted molar refractivity (Wildman–Crippen MR) is 109 cm³/mol. The van der Waals surface area contributed by atoms with Gasteiger partial charge < -0.3 is 19.1 Å². The molecule has 0 radical (unpaired) electrons. The summed E-state index contributed by atoms with van der Waals surface area (Å²) in [6, 6.07) is 11.2. The van der Waals surface area contributed by atoms with Gasteiger partial charge in [0.2, 0.25) is 5.91 Å². The van der Waals surface area contributed by atoms with E-state index in [1.807, 2.05) is 18.2 Å². The first kappa shape index (κ1) is 21.4. The molecule has 2 aromatic carbocycles. The zero-order valence-corrected chi connectivity index (χ0v) is 17.5. The highest BCUT2D eigenvalue weighted by Gasteiger charge is 2.42. The summed E-state index contributed by atoms with van der Waals surface area (Å²) in [4.78, 5) is 39.0. The Hall–Kier alpha value is -3.35. The van der Waals surface area contributed by atoms with Crippen LogP contribution in [0.15, 0.2) is 42.5 Å². The molecule has 158 valence electrons. The van der Waals surface area contributed by atoms with Gasteiger partial charge in [0.15, 0.2) is 0 Å². The van der Waals surface area contributed by atoms with Crippen LogP contribution in [-0.4, -0.2) is 50.1 Å². The number of esters is 2. The quantitative estimate of drug-likeness (QED) is 0.704. The summed E-state index contributed by atoms with van der Waals surface area (Å²) in [7, 11) is 4.22. The van der Waals surface area contributed by atoms with Crippen molar-refractivity contribution in [2.24, 2.45) is 0 Å². The first-order valence-corrected chi connectivity index (χ1v) is 9.69. The molecule has 30 heavy (non-hydrogen) atoms. The van der Waals surface area contributed by atoms with Crippen LogP contribution in [0.2, 0.25) is 0 Å². The Balaban J connectivity index is 2.17. The van der Waals surface area contributed by atoms with E-state index in [-0.39, 0.29) is 12.3 Å². The number of nitrogens with zero attached hydrogens (tertiary/aromatic N) is 1. The third-order valence-corrected chi connectivity index (χ3v) is 5.38. The lowest BCUT2D eigenvalue weighted by molar-refractivity contribution is -0.155. The number of carbonyl (C=O) groups is 3. The number of fused-ring (bicyclic) bond motifs is 1. The molecule has 0 saturated heterocycles. The zero-order valence-electron chi connectivity index (χ0n) is 17.5. The first-order chi connectivity index (χ1) is 14.4. The van der Waals surface area contributed by atoms with Crippen LogP contribution < -0.4 is 4.74 Å². The molecule has 0 aliphatic carbocycles. The second-order valence-electron chi connectivity index (χ2n) is 6.98. The SMILES string of the molecule is CCC(=O)N1[C@@H](c2ccc(C(=O)OC)cc2)c2ccc(OC)cc2C[C@@H]1C(=O)OC. The summed E-state index contributed by atoms with van der Waals surface area (Å²) in [5.41, 5.74) is 3.00. The lowest BCUT2D eigenvalue weighted by Crippen LogP contribution is -2.51. The van der Waals surface area contributed by atoms with E-state index in [2.05, 4.69) is 0 Å². The van der Waals surface area contributed by atoms with E-state index in [9.17, 15) is 14.4 Å². The van der Waals surface area contributed by atoms with Crippen LogP contribution in [0.3, 0.4) is 0 Å². The molecule has 0 N–H and O–H groups in total. The molecule has 2 aromatic rings. The van der Waals surface area contributed by atoms with E-state index in [1.165, 1.54) is 14.2 Å². The zero-order chi connectivity index (χ0) is 21.8. The van der Waals surface area contributed by atoms with Crippen molar-refractivity contribution >= 4 is 17.8 Å². The van der Waals surface area contributed by atoms with Crippen LogP contribution in [0.4, 0.5) is 0 Å². The van der Waals surface area contributed by atoms with Crippen molar-refractivity contribution in [2.75, 3.05) is 21.3 Å². The summed E-state index contributed by atoms with van der Waals surface area (Å²) < 4.78 is 15.1. The van der Waals surface area contributed by atoms with Gasteiger partial charge in [-0.3, -0.25) is 4.79 Å². The van der Waals surface area contributed by atoms with E-state index in [1.54, 1.807) is 43.2 Å². The lowest BCUT2D eigenvalue weighted by Gasteiger charge is -2.42. The summed E-state index contributed by atoms with van der Waals surface area (Å²) in [5.74, 6) is -0.396. The minimum absolute atomic E-state index is 0.158. The van der Waals surface area contributed by atoms with E-state index in [0.717, 1.165) is 16.7 Å². The maximum Gasteiger partial charge on any atom is 0.337 e. The Kier molecular flexibility index (Phi) is 6.40. The van der Waals surface area contributed by atoms with Crippen molar-refractivity contribution in [3.8, 4) is 5.75 Å². The van der Waals surface area contributed by atoms with Crippen molar-refractivity contribution in [1.29, 1.82) is 0 Å². The highest BCUT2D eigenvalue weighted by molar-refractivity contribution is 5.89. The molecular formula is C23H25NO6. The Morgan fingerprint density at radius 2 is 1.70 bits per heavy atom. The second-order valence-corrected chi connectivity index (χ2v) is 6.98. The van der Waals surface area contributed by atoms with Crippen molar-refractivity contribution in [3.05, 3.63) is 64.7 Å². The van der Waals surface area contributed by atoms with Gasteiger partial charge in [-0.25, -0.2) is 9.59 Å². The van der Waals surface area contributed by atoms with Gasteiger partial charge in [-0.15, -0.1) is 0 Å². The summed E-state index contributed by atoms with van der Waals surface area (Å²) >= 11 is 0. The normalized spacial score (nSPS) is 17.7. The highest BCUT2D eigenvalue weighted by atomic mass is 16.5. The van der Waals surface area contributed by atoms with E-state index in [0.29, 0.717) is 17.7 Å². The molecule has 2 atom stereocenters. The topological polar surface area (TPSA) is 82.1 Å². The largest absolute Gasteiger partial charge is 0.497 e. The van der Waals surface area contributed by atoms with E-state index >= 15 is 0 Å². The van der Waals surface area contributed by atoms with E-state index < -0.39 is 24.0 Å². The summed E-state index contributed by atoms with van der Waals surface area (Å²) in [6.45, 7) is 1.76. The van der Waals surface area contributed by atoms with Crippen LogP contribution in [0.5, 0.6) is 5.75 Å². The first-order valence-electron chi connectivity index (χ1n) is 9.69. The maximum atomic E-state index is 13.0. The average molecular weight is 411 g/mol. The molecule has 0 unspecified atom stereocenters. The molecular weight excluding hydrogens is 386 g/mol. The number of hydrogen-bond acceptors (Lipinski definition) is 6. The third kappa shape index (κ3) is 3.87. The molecule has 7 heteroatoms. The fraction of sp³-hybridized carbons (Fsp3) is 0.348. The molecule has 0 saturated carbocycles. The van der Waals surface area contributed by atoms with Crippen molar-refractivity contribution in [3.63, 3.8) is 0 Å². The fourth-order valence-electron chi connectivity index (χ4n) is 3.88. The smallest absolute Gasteiger partial charge is 0.337 e. The lowest BCUT2D eigenvalue weighted by atomic mass is 9.84. The summed E-state index contributed by atoms with van der Waals surface area (Å²) in [5, 5.41) is 0. The third-order valence-electron chi connectivity index (χ3n) is 5.38. The van der Waals surface area contributed by atoms with E-state index in [4.69, 9.17) is 14.2 Å². The van der Waals surface area contributed by atoms with Crippen LogP contribution >= 0.6 is 0 Å². The van der Waals surface area contributed by atoms with Crippen LogP contribution in [0, 0.1) is 0 Å². The van der Waals surface area contributed by atoms with Gasteiger partial charge in [0, 0.05) is 12.8 Å². The molecule has 0 fully saturated rings. The molecule has 3 rings (SSSR count). The van der Waals surface area contributed by atoms with Crippen molar-refractivity contribution in [1.82, 2.24) is 4.90 Å². The summed E-state index contributed by atoms with van der Waals surface area (Å²) in [6.07, 6.45) is 0.581. The molecule has 1 aliphatic heterocycles. The van der Waals surface area contributed by atoms with Crippen LogP contribution in [0.1, 0.15) is 46.4 Å². The van der Waals surface area contributed by atoms with Gasteiger partial charge in [-0.2, -0.15) is 0 Å². The number of ether oxygens (including phenoxy) is 3. The Morgan fingerprint density at radius 1 is 1.00 bits per heavy atom. The molecule has 1 heterocycles. The molecule has 1 aliphatic rings. The van der Waals surface area contributed by atoms with Gasteiger partial charge in [0.25, 0.3) is 0 Å². The van der Waals surface area contributed by atoms with Crippen molar-refractivity contribution in [2.45, 2.75) is 31.8 Å². The molecule has 1 amide bonds. The minimum atomic E-state index is -0.757. The number of methoxy groups -OCH3 is 3. The highest BCUT2D eigenvalue weighted by Crippen LogP contribution is 2.40. The molecule has 0 aromatic heterocycles. The number of amides is 1. The Bertz CT molecular complexity index is 953. The second kappa shape index (κ2) is 8.98. The molecule has 0 bridgehead atoms. The maximum absolute atomic E-state index is 13.0. The number of benzene rings is 2. The fourth-order valence-corrected chi connectivity index (χ4v) is 3.88. The van der Waals surface area contributed by atoms with Crippen LogP contribution in [-0.2, 0) is 25.5 Å².